The van der Waals surface area contributed by atoms with E-state index >= 15 is 0 Å². The van der Waals surface area contributed by atoms with Crippen LogP contribution in [0.2, 0.25) is 0 Å². The Hall–Kier alpha value is -2.37. The van der Waals surface area contributed by atoms with Gasteiger partial charge in [0.2, 0.25) is 5.91 Å². The molecule has 22 heavy (non-hydrogen) atoms. The molecule has 1 amide bonds. The minimum atomic E-state index is -1.11. The maximum Gasteiger partial charge on any atom is 0.331 e. The molecule has 0 bridgehead atoms. The second-order valence-electron chi connectivity index (χ2n) is 5.63. The Morgan fingerprint density at radius 3 is 2.36 bits per heavy atom. The van der Waals surface area contributed by atoms with Gasteiger partial charge in [-0.15, -0.1) is 0 Å². The summed E-state index contributed by atoms with van der Waals surface area (Å²) < 4.78 is 4.65. The summed E-state index contributed by atoms with van der Waals surface area (Å²) in [7, 11) is 1.26. The number of carboxylic acid groups (broad SMARTS) is 1. The number of ether oxygens (including phenoxy) is 1. The van der Waals surface area contributed by atoms with Crippen LogP contribution >= 0.6 is 0 Å². The molecule has 1 aromatic rings. The molecule has 0 radical (unpaired) electrons. The Kier molecular flexibility index (Phi) is 4.49. The largest absolute Gasteiger partial charge is 0.479 e. The van der Waals surface area contributed by atoms with E-state index in [1.165, 1.54) is 12.0 Å². The first-order valence-corrected chi connectivity index (χ1v) is 7.01. The van der Waals surface area contributed by atoms with E-state index in [9.17, 15) is 19.5 Å². The third-order valence-electron chi connectivity index (χ3n) is 3.80. The molecule has 1 aromatic carbocycles. The summed E-state index contributed by atoms with van der Waals surface area (Å²) in [6.45, 7) is 3.81. The predicted octanol–water partition coefficient (Wildman–Crippen LogP) is 1.45. The van der Waals surface area contributed by atoms with Gasteiger partial charge in [-0.25, -0.2) is 4.79 Å². The fourth-order valence-electron chi connectivity index (χ4n) is 2.93. The fraction of sp³-hybridized carbons (Fsp3) is 0.438. The van der Waals surface area contributed by atoms with Crippen LogP contribution in [-0.2, 0) is 19.1 Å². The zero-order chi connectivity index (χ0) is 16.4. The number of methoxy groups -OCH3 is 1. The number of carboxylic acids is 1. The van der Waals surface area contributed by atoms with Crippen LogP contribution < -0.4 is 0 Å². The van der Waals surface area contributed by atoms with Gasteiger partial charge in [0.1, 0.15) is 0 Å². The van der Waals surface area contributed by atoms with Crippen LogP contribution in [0.1, 0.15) is 29.2 Å². The van der Waals surface area contributed by atoms with Crippen LogP contribution in [0.15, 0.2) is 18.2 Å². The monoisotopic (exact) mass is 305 g/mol. The fourth-order valence-corrected chi connectivity index (χ4v) is 2.93. The van der Waals surface area contributed by atoms with E-state index in [0.29, 0.717) is 5.56 Å². The summed E-state index contributed by atoms with van der Waals surface area (Å²) >= 11 is 0. The summed E-state index contributed by atoms with van der Waals surface area (Å²) in [5.41, 5.74) is 2.40. The van der Waals surface area contributed by atoms with Crippen LogP contribution in [0.4, 0.5) is 0 Å². The number of carbonyl (C=O) groups is 3. The standard InChI is InChI=1S/C16H19NO5/c1-9-4-10(2)6-11(5-9)14(15(19)20)17-8-12(7-13(17)18)16(21)22-3/h4-6,12,14H,7-8H2,1-3H3,(H,19,20). The highest BCUT2D eigenvalue weighted by molar-refractivity contribution is 5.90. The first-order valence-electron chi connectivity index (χ1n) is 7.01. The van der Waals surface area contributed by atoms with Crippen molar-refractivity contribution in [2.45, 2.75) is 26.3 Å². The van der Waals surface area contributed by atoms with Gasteiger partial charge in [-0.1, -0.05) is 29.3 Å². The molecule has 2 rings (SSSR count). The highest BCUT2D eigenvalue weighted by atomic mass is 16.5. The third-order valence-corrected chi connectivity index (χ3v) is 3.80. The van der Waals surface area contributed by atoms with E-state index in [0.717, 1.165) is 11.1 Å². The number of aryl methyl sites for hydroxylation is 2. The predicted molar refractivity (Wildman–Crippen MR) is 78.1 cm³/mol. The number of nitrogens with zero attached hydrogens (tertiary/aromatic N) is 1. The Morgan fingerprint density at radius 1 is 1.27 bits per heavy atom. The van der Waals surface area contributed by atoms with E-state index < -0.39 is 23.9 Å². The minimum absolute atomic E-state index is 0.0126. The summed E-state index contributed by atoms with van der Waals surface area (Å²) in [5, 5.41) is 9.56. The molecule has 1 aliphatic rings. The Labute approximate surface area is 128 Å². The molecule has 1 heterocycles. The lowest BCUT2D eigenvalue weighted by Crippen LogP contribution is -2.36. The van der Waals surface area contributed by atoms with Gasteiger partial charge in [0.25, 0.3) is 0 Å². The lowest BCUT2D eigenvalue weighted by molar-refractivity contribution is -0.149. The number of benzene rings is 1. The lowest BCUT2D eigenvalue weighted by Gasteiger charge is -2.25. The number of hydrogen-bond acceptors (Lipinski definition) is 4. The highest BCUT2D eigenvalue weighted by Gasteiger charge is 2.41. The van der Waals surface area contributed by atoms with Crippen LogP contribution in [0.5, 0.6) is 0 Å². The van der Waals surface area contributed by atoms with Crippen molar-refractivity contribution in [1.82, 2.24) is 4.90 Å². The molecule has 0 aromatic heterocycles. The minimum Gasteiger partial charge on any atom is -0.479 e. The number of esters is 1. The van der Waals surface area contributed by atoms with Gasteiger partial charge in [-0.3, -0.25) is 9.59 Å². The second kappa shape index (κ2) is 6.17. The van der Waals surface area contributed by atoms with Crippen molar-refractivity contribution >= 4 is 17.8 Å². The van der Waals surface area contributed by atoms with E-state index in [4.69, 9.17) is 0 Å². The number of carbonyl (C=O) groups excluding carboxylic acids is 2. The Morgan fingerprint density at radius 2 is 1.86 bits per heavy atom. The average molecular weight is 305 g/mol. The number of amides is 1. The van der Waals surface area contributed by atoms with Gasteiger partial charge in [-0.2, -0.15) is 0 Å². The molecule has 0 spiro atoms. The number of likely N-dealkylation sites (tertiary alicyclic amines) is 1. The first kappa shape index (κ1) is 16.0. The molecule has 6 nitrogen and oxygen atoms in total. The highest BCUT2D eigenvalue weighted by Crippen LogP contribution is 2.30. The van der Waals surface area contributed by atoms with Gasteiger partial charge in [0.05, 0.1) is 13.0 Å². The first-order chi connectivity index (χ1) is 10.3. The Bertz CT molecular complexity index is 605. The summed E-state index contributed by atoms with van der Waals surface area (Å²) in [4.78, 5) is 36.7. The summed E-state index contributed by atoms with van der Waals surface area (Å²) in [6.07, 6.45) is -0.0126. The molecule has 0 aliphatic carbocycles. The molecule has 0 saturated carbocycles. The third kappa shape index (κ3) is 3.10. The Balaban J connectivity index is 2.34. The summed E-state index contributed by atoms with van der Waals surface area (Å²) in [6, 6.07) is 4.36. The molecule has 1 saturated heterocycles. The zero-order valence-electron chi connectivity index (χ0n) is 12.8. The molecule has 2 atom stereocenters. The maximum atomic E-state index is 12.1. The van der Waals surface area contributed by atoms with Gasteiger partial charge in [0.15, 0.2) is 6.04 Å². The molecule has 118 valence electrons. The van der Waals surface area contributed by atoms with Crippen molar-refractivity contribution in [3.8, 4) is 0 Å². The maximum absolute atomic E-state index is 12.1. The van der Waals surface area contributed by atoms with Gasteiger partial charge in [-0.05, 0) is 19.4 Å². The molecule has 1 fully saturated rings. The topological polar surface area (TPSA) is 83.9 Å². The van der Waals surface area contributed by atoms with Crippen LogP contribution in [0.25, 0.3) is 0 Å². The second-order valence-corrected chi connectivity index (χ2v) is 5.63. The molecule has 2 unspecified atom stereocenters. The van der Waals surface area contributed by atoms with Crippen molar-refractivity contribution in [3.05, 3.63) is 34.9 Å². The van der Waals surface area contributed by atoms with Gasteiger partial charge < -0.3 is 14.7 Å². The number of aliphatic carboxylic acids is 1. The number of hydrogen-bond donors (Lipinski definition) is 1. The van der Waals surface area contributed by atoms with Crippen molar-refractivity contribution < 1.29 is 24.2 Å². The van der Waals surface area contributed by atoms with Gasteiger partial charge >= 0.3 is 11.9 Å². The van der Waals surface area contributed by atoms with E-state index in [2.05, 4.69) is 4.74 Å². The SMILES string of the molecule is COC(=O)C1CC(=O)N(C(C(=O)O)c2cc(C)cc(C)c2)C1. The molecule has 1 N–H and O–H groups in total. The van der Waals surface area contributed by atoms with Crippen LogP contribution in [0.3, 0.4) is 0 Å². The average Bonchev–Trinajstić information content (AvgIpc) is 2.79. The quantitative estimate of drug-likeness (QED) is 0.851. The normalized spacial score (nSPS) is 19.1. The smallest absolute Gasteiger partial charge is 0.331 e. The van der Waals surface area contributed by atoms with Crippen LogP contribution in [-0.4, -0.2) is 41.5 Å². The number of rotatable bonds is 4. The zero-order valence-corrected chi connectivity index (χ0v) is 12.8. The van der Waals surface area contributed by atoms with Crippen molar-refractivity contribution in [3.63, 3.8) is 0 Å². The van der Waals surface area contributed by atoms with Gasteiger partial charge in [0, 0.05) is 13.0 Å². The molecular formula is C16H19NO5. The van der Waals surface area contributed by atoms with Crippen molar-refractivity contribution in [1.29, 1.82) is 0 Å². The molecule has 6 heteroatoms. The lowest BCUT2D eigenvalue weighted by atomic mass is 10.0. The van der Waals surface area contributed by atoms with E-state index in [1.807, 2.05) is 19.9 Å². The molecule has 1 aliphatic heterocycles. The van der Waals surface area contributed by atoms with E-state index in [-0.39, 0.29) is 18.9 Å². The van der Waals surface area contributed by atoms with E-state index in [1.54, 1.807) is 12.1 Å². The van der Waals surface area contributed by atoms with Crippen molar-refractivity contribution in [2.75, 3.05) is 13.7 Å². The van der Waals surface area contributed by atoms with Crippen molar-refractivity contribution in [2.24, 2.45) is 5.92 Å². The summed E-state index contributed by atoms with van der Waals surface area (Å²) in [5.74, 6) is -2.54. The van der Waals surface area contributed by atoms with Crippen LogP contribution in [0, 0.1) is 19.8 Å². The molecular weight excluding hydrogens is 286 g/mol.